The van der Waals surface area contributed by atoms with Crippen molar-refractivity contribution in [2.45, 2.75) is 12.5 Å². The molecule has 1 atom stereocenters. The van der Waals surface area contributed by atoms with Crippen molar-refractivity contribution in [3.8, 4) is 11.6 Å². The molecular weight excluding hydrogens is 364 g/mol. The van der Waals surface area contributed by atoms with Gasteiger partial charge < -0.3 is 9.64 Å². The summed E-state index contributed by atoms with van der Waals surface area (Å²) >= 11 is 0. The van der Waals surface area contributed by atoms with E-state index in [1.807, 2.05) is 77.8 Å². The predicted octanol–water partition coefficient (Wildman–Crippen LogP) is 3.71. The fourth-order valence-electron chi connectivity index (χ4n) is 3.68. The van der Waals surface area contributed by atoms with Crippen LogP contribution in [0.1, 0.15) is 16.8 Å². The number of ether oxygens (including phenoxy) is 1. The Balaban J connectivity index is 1.27. The molecule has 6 heteroatoms. The lowest BCUT2D eigenvalue weighted by Crippen LogP contribution is -2.31. The van der Waals surface area contributed by atoms with E-state index in [-0.39, 0.29) is 12.0 Å². The molecule has 1 fully saturated rings. The van der Waals surface area contributed by atoms with E-state index in [1.54, 1.807) is 10.9 Å². The largest absolute Gasteiger partial charge is 0.472 e. The number of pyridine rings is 1. The number of aromatic nitrogens is 3. The number of benzene rings is 2. The van der Waals surface area contributed by atoms with Crippen LogP contribution in [-0.4, -0.2) is 44.8 Å². The topological polar surface area (TPSA) is 60.2 Å². The van der Waals surface area contributed by atoms with Crippen molar-refractivity contribution in [1.29, 1.82) is 0 Å². The molecule has 0 N–H and O–H groups in total. The number of hydrogen-bond donors (Lipinski definition) is 0. The summed E-state index contributed by atoms with van der Waals surface area (Å²) in [6.07, 6.45) is 4.32. The number of para-hydroxylation sites is 1. The normalized spacial score (nSPS) is 16.3. The molecule has 29 heavy (non-hydrogen) atoms. The molecule has 0 saturated carbocycles. The van der Waals surface area contributed by atoms with Crippen molar-refractivity contribution in [2.75, 3.05) is 13.1 Å². The Labute approximate surface area is 168 Å². The number of nitrogens with zero attached hydrogens (tertiary/aromatic N) is 4. The zero-order valence-corrected chi connectivity index (χ0v) is 15.8. The Bertz CT molecular complexity index is 1160. The highest BCUT2D eigenvalue weighted by atomic mass is 16.5. The van der Waals surface area contributed by atoms with Crippen molar-refractivity contribution in [1.82, 2.24) is 19.7 Å². The van der Waals surface area contributed by atoms with Gasteiger partial charge in [0.2, 0.25) is 5.88 Å². The lowest BCUT2D eigenvalue weighted by Gasteiger charge is -2.17. The minimum absolute atomic E-state index is 0.0107. The first-order chi connectivity index (χ1) is 14.3. The van der Waals surface area contributed by atoms with Gasteiger partial charge in [-0.2, -0.15) is 5.10 Å². The Morgan fingerprint density at radius 3 is 2.86 bits per heavy atom. The lowest BCUT2D eigenvalue weighted by atomic mass is 10.2. The minimum Gasteiger partial charge on any atom is -0.472 e. The standard InChI is InChI=1S/C23H20N4O2/c28-23(18-6-3-7-19(15-18)27-13-4-12-24-27)26-14-11-20(16-26)29-22-10-9-17-5-1-2-8-21(17)25-22/h1-10,12-13,15,20H,11,14,16H2. The minimum atomic E-state index is -0.0538. The second kappa shape index (κ2) is 7.39. The van der Waals surface area contributed by atoms with Gasteiger partial charge in [0.1, 0.15) is 6.10 Å². The van der Waals surface area contributed by atoms with Crippen LogP contribution in [0.4, 0.5) is 0 Å². The number of rotatable bonds is 4. The van der Waals surface area contributed by atoms with Gasteiger partial charge in [0.25, 0.3) is 5.91 Å². The van der Waals surface area contributed by atoms with Crippen LogP contribution >= 0.6 is 0 Å². The molecule has 1 saturated heterocycles. The molecule has 1 aliphatic heterocycles. The highest BCUT2D eigenvalue weighted by molar-refractivity contribution is 5.95. The third-order valence-electron chi connectivity index (χ3n) is 5.15. The zero-order valence-electron chi connectivity index (χ0n) is 15.8. The summed E-state index contributed by atoms with van der Waals surface area (Å²) in [5.41, 5.74) is 2.43. The fourth-order valence-corrected chi connectivity index (χ4v) is 3.68. The monoisotopic (exact) mass is 384 g/mol. The average Bonchev–Trinajstić information content (AvgIpc) is 3.46. The highest BCUT2D eigenvalue weighted by Crippen LogP contribution is 2.22. The molecule has 1 unspecified atom stereocenters. The van der Waals surface area contributed by atoms with Crippen LogP contribution in [0.3, 0.4) is 0 Å². The third kappa shape index (κ3) is 3.57. The Kier molecular flexibility index (Phi) is 4.44. The first kappa shape index (κ1) is 17.4. The van der Waals surface area contributed by atoms with Crippen molar-refractivity contribution in [2.24, 2.45) is 0 Å². The van der Waals surface area contributed by atoms with Crippen LogP contribution in [-0.2, 0) is 0 Å². The van der Waals surface area contributed by atoms with E-state index in [2.05, 4.69) is 10.1 Å². The molecule has 0 aliphatic carbocycles. The van der Waals surface area contributed by atoms with Crippen LogP contribution in [0.2, 0.25) is 0 Å². The Morgan fingerprint density at radius 1 is 1.03 bits per heavy atom. The van der Waals surface area contributed by atoms with E-state index < -0.39 is 0 Å². The third-order valence-corrected chi connectivity index (χ3v) is 5.15. The maximum absolute atomic E-state index is 13.0. The maximum atomic E-state index is 13.0. The van der Waals surface area contributed by atoms with E-state index in [1.165, 1.54) is 0 Å². The van der Waals surface area contributed by atoms with Crippen LogP contribution in [0.25, 0.3) is 16.6 Å². The molecular formula is C23H20N4O2. The van der Waals surface area contributed by atoms with Crippen molar-refractivity contribution in [3.63, 3.8) is 0 Å². The molecule has 4 aromatic rings. The van der Waals surface area contributed by atoms with Gasteiger partial charge >= 0.3 is 0 Å². The number of amides is 1. The molecule has 144 valence electrons. The number of hydrogen-bond acceptors (Lipinski definition) is 4. The molecule has 0 radical (unpaired) electrons. The average molecular weight is 384 g/mol. The van der Waals surface area contributed by atoms with Gasteiger partial charge in [-0.3, -0.25) is 4.79 Å². The van der Waals surface area contributed by atoms with Crippen molar-refractivity contribution >= 4 is 16.8 Å². The molecule has 1 amide bonds. The summed E-state index contributed by atoms with van der Waals surface area (Å²) in [4.78, 5) is 19.4. The highest BCUT2D eigenvalue weighted by Gasteiger charge is 2.28. The van der Waals surface area contributed by atoms with Crippen LogP contribution in [0, 0.1) is 0 Å². The maximum Gasteiger partial charge on any atom is 0.254 e. The molecule has 0 bridgehead atoms. The summed E-state index contributed by atoms with van der Waals surface area (Å²) in [7, 11) is 0. The van der Waals surface area contributed by atoms with E-state index in [0.717, 1.165) is 23.0 Å². The van der Waals surface area contributed by atoms with Gasteiger partial charge in [0, 0.05) is 42.4 Å². The van der Waals surface area contributed by atoms with Crippen molar-refractivity contribution in [3.05, 3.63) is 84.7 Å². The number of carbonyl (C=O) groups is 1. The van der Waals surface area contributed by atoms with E-state index >= 15 is 0 Å². The van der Waals surface area contributed by atoms with E-state index in [9.17, 15) is 4.79 Å². The summed E-state index contributed by atoms with van der Waals surface area (Å²) < 4.78 is 7.81. The number of fused-ring (bicyclic) bond motifs is 1. The van der Waals surface area contributed by atoms with Gasteiger partial charge in [0.05, 0.1) is 17.7 Å². The smallest absolute Gasteiger partial charge is 0.254 e. The summed E-state index contributed by atoms with van der Waals surface area (Å²) in [5, 5.41) is 5.31. The fraction of sp³-hybridized carbons (Fsp3) is 0.174. The number of carbonyl (C=O) groups excluding carboxylic acids is 1. The van der Waals surface area contributed by atoms with Gasteiger partial charge in [-0.1, -0.05) is 24.3 Å². The SMILES string of the molecule is O=C(c1cccc(-n2cccn2)c1)N1CCC(Oc2ccc3ccccc3n2)C1. The van der Waals surface area contributed by atoms with E-state index in [4.69, 9.17) is 4.74 Å². The lowest BCUT2D eigenvalue weighted by molar-refractivity contribution is 0.0771. The second-order valence-corrected chi connectivity index (χ2v) is 7.12. The first-order valence-electron chi connectivity index (χ1n) is 9.68. The summed E-state index contributed by atoms with van der Waals surface area (Å²) in [6.45, 7) is 1.22. The van der Waals surface area contributed by atoms with Gasteiger partial charge in [0.15, 0.2) is 0 Å². The summed E-state index contributed by atoms with van der Waals surface area (Å²) in [6, 6.07) is 21.2. The Morgan fingerprint density at radius 2 is 1.97 bits per heavy atom. The number of likely N-dealkylation sites (tertiary alicyclic amines) is 1. The molecule has 3 heterocycles. The molecule has 0 spiro atoms. The molecule has 2 aromatic heterocycles. The van der Waals surface area contributed by atoms with Gasteiger partial charge in [-0.15, -0.1) is 0 Å². The quantitative estimate of drug-likeness (QED) is 0.538. The molecule has 1 aliphatic rings. The van der Waals surface area contributed by atoms with Gasteiger partial charge in [-0.25, -0.2) is 9.67 Å². The molecule has 2 aromatic carbocycles. The molecule has 5 rings (SSSR count). The zero-order chi connectivity index (χ0) is 19.6. The van der Waals surface area contributed by atoms with Crippen LogP contribution in [0.5, 0.6) is 5.88 Å². The predicted molar refractivity (Wildman–Crippen MR) is 110 cm³/mol. The van der Waals surface area contributed by atoms with Crippen LogP contribution in [0.15, 0.2) is 79.1 Å². The Hall–Kier alpha value is -3.67. The summed E-state index contributed by atoms with van der Waals surface area (Å²) in [5.74, 6) is 0.611. The van der Waals surface area contributed by atoms with Gasteiger partial charge in [-0.05, 0) is 36.4 Å². The van der Waals surface area contributed by atoms with Crippen molar-refractivity contribution < 1.29 is 9.53 Å². The van der Waals surface area contributed by atoms with E-state index in [0.29, 0.717) is 24.5 Å². The second-order valence-electron chi connectivity index (χ2n) is 7.12. The first-order valence-corrected chi connectivity index (χ1v) is 9.68. The van der Waals surface area contributed by atoms with Crippen LogP contribution < -0.4 is 4.74 Å². The molecule has 6 nitrogen and oxygen atoms in total.